The highest BCUT2D eigenvalue weighted by atomic mass is 35.5. The Morgan fingerprint density at radius 1 is 1.36 bits per heavy atom. The summed E-state index contributed by atoms with van der Waals surface area (Å²) >= 11 is 6.07. The van der Waals surface area contributed by atoms with E-state index in [1.54, 1.807) is 0 Å². The van der Waals surface area contributed by atoms with Crippen molar-refractivity contribution in [1.82, 2.24) is 20.0 Å². The first kappa shape index (κ1) is 18.2. The van der Waals surface area contributed by atoms with Crippen LogP contribution in [-0.2, 0) is 11.3 Å². The Hall–Kier alpha value is -1.59. The van der Waals surface area contributed by atoms with E-state index in [4.69, 9.17) is 11.6 Å². The molecule has 0 spiro atoms. The quantitative estimate of drug-likeness (QED) is 0.857. The minimum Gasteiger partial charge on any atom is -0.353 e. The molecule has 0 radical (unpaired) electrons. The number of nitrogens with one attached hydrogen (secondary N) is 1. The van der Waals surface area contributed by atoms with Gasteiger partial charge in [0.15, 0.2) is 0 Å². The van der Waals surface area contributed by atoms with Crippen LogP contribution < -0.4 is 5.32 Å². The Bertz CT molecular complexity index is 727. The van der Waals surface area contributed by atoms with Crippen LogP contribution in [0.4, 0.5) is 0 Å². The van der Waals surface area contributed by atoms with Gasteiger partial charge in [0.25, 0.3) is 0 Å². The first-order valence-corrected chi connectivity index (χ1v) is 9.46. The lowest BCUT2D eigenvalue weighted by Gasteiger charge is -2.34. The largest absolute Gasteiger partial charge is 0.353 e. The Morgan fingerprint density at radius 2 is 2.16 bits per heavy atom. The molecule has 1 aliphatic rings. The molecule has 6 heteroatoms. The fourth-order valence-corrected chi connectivity index (χ4v) is 3.96. The highest BCUT2D eigenvalue weighted by Crippen LogP contribution is 2.25. The Kier molecular flexibility index (Phi) is 5.97. The summed E-state index contributed by atoms with van der Waals surface area (Å²) in [6.45, 7) is 1.61. The Morgan fingerprint density at radius 3 is 2.96 bits per heavy atom. The van der Waals surface area contributed by atoms with E-state index in [-0.39, 0.29) is 5.91 Å². The van der Waals surface area contributed by atoms with Gasteiger partial charge in [-0.25, -0.2) is 0 Å². The van der Waals surface area contributed by atoms with Crippen LogP contribution in [0, 0.1) is 5.92 Å². The molecule has 1 aromatic heterocycles. The van der Waals surface area contributed by atoms with Crippen LogP contribution in [0.2, 0.25) is 5.02 Å². The third-order valence-corrected chi connectivity index (χ3v) is 5.25. The predicted molar refractivity (Wildman–Crippen MR) is 102 cm³/mol. The van der Waals surface area contributed by atoms with E-state index >= 15 is 0 Å². The fraction of sp³-hybridized carbons (Fsp3) is 0.579. The number of nitrogens with zero attached hydrogens (tertiary/aromatic N) is 3. The number of fused-ring (bicyclic) bond motifs is 1. The standard InChI is InChI=1S/C19H27ClN4O/c1-23(2)13-15-5-3-4-6-17(15)22-19(25)9-10-24-18-11-16(20)8-7-14(18)12-21-24/h7-8,11-12,15,17H,3-6,9-10,13H2,1-2H3,(H,22,25)/t15-,17+/m1/s1. The van der Waals surface area contributed by atoms with Crippen LogP contribution in [0.1, 0.15) is 32.1 Å². The average molecular weight is 363 g/mol. The molecule has 1 aliphatic carbocycles. The SMILES string of the molecule is CN(C)C[C@H]1CCCC[C@@H]1NC(=O)CCn1ncc2ccc(Cl)cc21. The van der Waals surface area contributed by atoms with Gasteiger partial charge in [0.1, 0.15) is 0 Å². The van der Waals surface area contributed by atoms with Gasteiger partial charge in [-0.2, -0.15) is 5.10 Å². The van der Waals surface area contributed by atoms with E-state index in [0.717, 1.165) is 23.9 Å². The molecule has 1 amide bonds. The normalized spacial score (nSPS) is 21.0. The predicted octanol–water partition coefficient (Wildman–Crippen LogP) is 3.32. The lowest BCUT2D eigenvalue weighted by atomic mass is 9.84. The molecule has 1 aromatic carbocycles. The van der Waals surface area contributed by atoms with Crippen molar-refractivity contribution >= 4 is 28.4 Å². The molecule has 1 heterocycles. The Labute approximate surface area is 154 Å². The van der Waals surface area contributed by atoms with Crippen molar-refractivity contribution in [3.05, 3.63) is 29.4 Å². The number of aromatic nitrogens is 2. The first-order chi connectivity index (χ1) is 12.0. The third-order valence-electron chi connectivity index (χ3n) is 5.01. The van der Waals surface area contributed by atoms with Crippen LogP contribution in [0.15, 0.2) is 24.4 Å². The maximum atomic E-state index is 12.4. The van der Waals surface area contributed by atoms with Crippen molar-refractivity contribution in [2.45, 2.75) is 44.7 Å². The average Bonchev–Trinajstić information content (AvgIpc) is 2.96. The van der Waals surface area contributed by atoms with E-state index in [1.807, 2.05) is 29.1 Å². The molecular weight excluding hydrogens is 336 g/mol. The maximum absolute atomic E-state index is 12.4. The number of hydrogen-bond donors (Lipinski definition) is 1. The summed E-state index contributed by atoms with van der Waals surface area (Å²) < 4.78 is 1.86. The number of benzene rings is 1. The van der Waals surface area contributed by atoms with Crippen LogP contribution in [0.25, 0.3) is 10.9 Å². The van der Waals surface area contributed by atoms with Crippen LogP contribution in [0.5, 0.6) is 0 Å². The van der Waals surface area contributed by atoms with Gasteiger partial charge in [-0.15, -0.1) is 0 Å². The molecule has 5 nitrogen and oxygen atoms in total. The fourth-order valence-electron chi connectivity index (χ4n) is 3.79. The molecular formula is C19H27ClN4O. The minimum atomic E-state index is 0.112. The molecule has 3 rings (SSSR count). The second kappa shape index (κ2) is 8.19. The maximum Gasteiger partial charge on any atom is 0.222 e. The van der Waals surface area contributed by atoms with Gasteiger partial charge >= 0.3 is 0 Å². The number of rotatable bonds is 6. The van der Waals surface area contributed by atoms with E-state index in [2.05, 4.69) is 29.4 Å². The van der Waals surface area contributed by atoms with Gasteiger partial charge in [-0.05, 0) is 51.1 Å². The molecule has 0 aliphatic heterocycles. The topological polar surface area (TPSA) is 50.2 Å². The summed E-state index contributed by atoms with van der Waals surface area (Å²) in [6.07, 6.45) is 7.02. The van der Waals surface area contributed by atoms with Crippen molar-refractivity contribution in [3.8, 4) is 0 Å². The molecule has 1 N–H and O–H groups in total. The molecule has 1 fully saturated rings. The summed E-state index contributed by atoms with van der Waals surface area (Å²) in [5.41, 5.74) is 0.975. The monoisotopic (exact) mass is 362 g/mol. The third kappa shape index (κ3) is 4.73. The van der Waals surface area contributed by atoms with Gasteiger partial charge in [0.05, 0.1) is 18.3 Å². The highest BCUT2D eigenvalue weighted by Gasteiger charge is 2.26. The van der Waals surface area contributed by atoms with Crippen LogP contribution in [0.3, 0.4) is 0 Å². The molecule has 1 saturated carbocycles. The molecule has 0 bridgehead atoms. The summed E-state index contributed by atoms with van der Waals surface area (Å²) in [5, 5.41) is 9.38. The van der Waals surface area contributed by atoms with Gasteiger partial charge in [0, 0.05) is 29.4 Å². The lowest BCUT2D eigenvalue weighted by Crippen LogP contribution is -2.45. The summed E-state index contributed by atoms with van der Waals surface area (Å²) in [7, 11) is 4.20. The van der Waals surface area contributed by atoms with Crippen molar-refractivity contribution in [1.29, 1.82) is 0 Å². The smallest absolute Gasteiger partial charge is 0.222 e. The molecule has 0 unspecified atom stereocenters. The molecule has 2 aromatic rings. The molecule has 2 atom stereocenters. The summed E-state index contributed by atoms with van der Waals surface area (Å²) in [4.78, 5) is 14.7. The summed E-state index contributed by atoms with van der Waals surface area (Å²) in [5.74, 6) is 0.665. The van der Waals surface area contributed by atoms with Crippen molar-refractivity contribution in [3.63, 3.8) is 0 Å². The van der Waals surface area contributed by atoms with E-state index in [0.29, 0.717) is 29.9 Å². The van der Waals surface area contributed by atoms with Gasteiger partial charge in [0.2, 0.25) is 5.91 Å². The highest BCUT2D eigenvalue weighted by molar-refractivity contribution is 6.31. The number of carbonyl (C=O) groups excluding carboxylic acids is 1. The van der Waals surface area contributed by atoms with E-state index < -0.39 is 0 Å². The second-order valence-electron chi connectivity index (χ2n) is 7.30. The van der Waals surface area contributed by atoms with E-state index in [9.17, 15) is 4.79 Å². The van der Waals surface area contributed by atoms with Gasteiger partial charge < -0.3 is 10.2 Å². The van der Waals surface area contributed by atoms with Crippen LogP contribution >= 0.6 is 11.6 Å². The van der Waals surface area contributed by atoms with Crippen LogP contribution in [-0.4, -0.2) is 47.3 Å². The number of halogens is 1. The number of amides is 1. The van der Waals surface area contributed by atoms with Crippen molar-refractivity contribution < 1.29 is 4.79 Å². The zero-order valence-electron chi connectivity index (χ0n) is 15.0. The molecule has 25 heavy (non-hydrogen) atoms. The van der Waals surface area contributed by atoms with E-state index in [1.165, 1.54) is 19.3 Å². The van der Waals surface area contributed by atoms with Gasteiger partial charge in [-0.3, -0.25) is 9.48 Å². The lowest BCUT2D eigenvalue weighted by molar-refractivity contribution is -0.122. The van der Waals surface area contributed by atoms with Crippen molar-refractivity contribution in [2.24, 2.45) is 5.92 Å². The zero-order valence-corrected chi connectivity index (χ0v) is 15.8. The zero-order chi connectivity index (χ0) is 17.8. The number of aryl methyl sites for hydroxylation is 1. The number of carbonyl (C=O) groups is 1. The number of hydrogen-bond acceptors (Lipinski definition) is 3. The second-order valence-corrected chi connectivity index (χ2v) is 7.74. The summed E-state index contributed by atoms with van der Waals surface area (Å²) in [6, 6.07) is 6.01. The molecule has 0 saturated heterocycles. The molecule has 136 valence electrons. The minimum absolute atomic E-state index is 0.112. The van der Waals surface area contributed by atoms with Crippen molar-refractivity contribution in [2.75, 3.05) is 20.6 Å². The van der Waals surface area contributed by atoms with Gasteiger partial charge in [-0.1, -0.05) is 24.4 Å². The first-order valence-electron chi connectivity index (χ1n) is 9.08. The Balaban J connectivity index is 1.57.